The van der Waals surface area contributed by atoms with Gasteiger partial charge in [0.05, 0.1) is 6.10 Å². The number of aryl methyl sites for hydroxylation is 1. The first-order valence-electron chi connectivity index (χ1n) is 5.51. The van der Waals surface area contributed by atoms with Gasteiger partial charge in [-0.1, -0.05) is 28.1 Å². The standard InChI is InChI=1S/C14H14BrNO/c1-10-5-6-11(15)8-13(10)14(17)9-12-4-2-3-7-16-12/h2-8,14,17H,9H2,1H3. The molecule has 1 heterocycles. The molecule has 0 saturated heterocycles. The molecule has 1 aromatic heterocycles. The smallest absolute Gasteiger partial charge is 0.0848 e. The zero-order valence-electron chi connectivity index (χ0n) is 9.60. The Kier molecular flexibility index (Phi) is 3.92. The molecule has 0 spiro atoms. The molecule has 0 bridgehead atoms. The van der Waals surface area contributed by atoms with Crippen LogP contribution in [0.4, 0.5) is 0 Å². The van der Waals surface area contributed by atoms with E-state index in [0.717, 1.165) is 21.3 Å². The number of halogens is 1. The lowest BCUT2D eigenvalue weighted by molar-refractivity contribution is 0.176. The number of pyridine rings is 1. The first kappa shape index (κ1) is 12.3. The molecular weight excluding hydrogens is 278 g/mol. The fourth-order valence-electron chi connectivity index (χ4n) is 1.80. The Labute approximate surface area is 109 Å². The monoisotopic (exact) mass is 291 g/mol. The zero-order valence-corrected chi connectivity index (χ0v) is 11.2. The van der Waals surface area contributed by atoms with Crippen molar-refractivity contribution >= 4 is 15.9 Å². The van der Waals surface area contributed by atoms with Gasteiger partial charge in [0, 0.05) is 22.8 Å². The SMILES string of the molecule is Cc1ccc(Br)cc1C(O)Cc1ccccn1. The molecule has 0 radical (unpaired) electrons. The Morgan fingerprint density at radius 2 is 2.12 bits per heavy atom. The highest BCUT2D eigenvalue weighted by molar-refractivity contribution is 9.10. The molecule has 0 aliphatic heterocycles. The minimum Gasteiger partial charge on any atom is -0.388 e. The third-order valence-corrected chi connectivity index (χ3v) is 3.22. The topological polar surface area (TPSA) is 33.1 Å². The average Bonchev–Trinajstić information content (AvgIpc) is 2.33. The molecule has 2 nitrogen and oxygen atoms in total. The molecule has 3 heteroatoms. The van der Waals surface area contributed by atoms with Crippen molar-refractivity contribution in [3.05, 3.63) is 63.9 Å². The summed E-state index contributed by atoms with van der Waals surface area (Å²) in [6, 6.07) is 11.7. The largest absolute Gasteiger partial charge is 0.388 e. The van der Waals surface area contributed by atoms with Crippen LogP contribution in [0.2, 0.25) is 0 Å². The van der Waals surface area contributed by atoms with E-state index in [-0.39, 0.29) is 0 Å². The second-order valence-electron chi connectivity index (χ2n) is 4.04. The van der Waals surface area contributed by atoms with Gasteiger partial charge in [0.1, 0.15) is 0 Å². The van der Waals surface area contributed by atoms with Crippen molar-refractivity contribution in [3.8, 4) is 0 Å². The van der Waals surface area contributed by atoms with Crippen molar-refractivity contribution in [1.29, 1.82) is 0 Å². The van der Waals surface area contributed by atoms with E-state index >= 15 is 0 Å². The maximum absolute atomic E-state index is 10.2. The third-order valence-electron chi connectivity index (χ3n) is 2.73. The fourth-order valence-corrected chi connectivity index (χ4v) is 2.18. The first-order chi connectivity index (χ1) is 8.16. The van der Waals surface area contributed by atoms with Crippen LogP contribution >= 0.6 is 15.9 Å². The quantitative estimate of drug-likeness (QED) is 0.940. The number of aliphatic hydroxyl groups is 1. The Morgan fingerprint density at radius 3 is 2.82 bits per heavy atom. The highest BCUT2D eigenvalue weighted by Crippen LogP contribution is 2.24. The van der Waals surface area contributed by atoms with E-state index in [1.165, 1.54) is 0 Å². The van der Waals surface area contributed by atoms with E-state index in [9.17, 15) is 5.11 Å². The summed E-state index contributed by atoms with van der Waals surface area (Å²) in [6.45, 7) is 2.00. The molecule has 0 aliphatic rings. The van der Waals surface area contributed by atoms with Crippen LogP contribution in [0.1, 0.15) is 22.9 Å². The van der Waals surface area contributed by atoms with E-state index < -0.39 is 6.10 Å². The van der Waals surface area contributed by atoms with Crippen LogP contribution in [0.25, 0.3) is 0 Å². The summed E-state index contributed by atoms with van der Waals surface area (Å²) in [4.78, 5) is 4.22. The molecule has 17 heavy (non-hydrogen) atoms. The van der Waals surface area contributed by atoms with Crippen LogP contribution in [0.3, 0.4) is 0 Å². The molecule has 1 unspecified atom stereocenters. The summed E-state index contributed by atoms with van der Waals surface area (Å²) < 4.78 is 0.984. The van der Waals surface area contributed by atoms with Crippen LogP contribution in [-0.4, -0.2) is 10.1 Å². The lowest BCUT2D eigenvalue weighted by Gasteiger charge is -2.13. The number of rotatable bonds is 3. The zero-order chi connectivity index (χ0) is 12.3. The fraction of sp³-hybridized carbons (Fsp3) is 0.214. The molecule has 0 fully saturated rings. The highest BCUT2D eigenvalue weighted by atomic mass is 79.9. The molecule has 2 aromatic rings. The van der Waals surface area contributed by atoms with Gasteiger partial charge >= 0.3 is 0 Å². The summed E-state index contributed by atoms with van der Waals surface area (Å²) in [5, 5.41) is 10.2. The number of benzene rings is 1. The van der Waals surface area contributed by atoms with E-state index in [0.29, 0.717) is 6.42 Å². The van der Waals surface area contributed by atoms with Gasteiger partial charge in [0.15, 0.2) is 0 Å². The maximum atomic E-state index is 10.2. The van der Waals surface area contributed by atoms with Crippen molar-refractivity contribution in [2.45, 2.75) is 19.4 Å². The number of aliphatic hydroxyl groups excluding tert-OH is 1. The summed E-state index contributed by atoms with van der Waals surface area (Å²) in [7, 11) is 0. The predicted octanol–water partition coefficient (Wildman–Crippen LogP) is 3.43. The lowest BCUT2D eigenvalue weighted by atomic mass is 10.00. The van der Waals surface area contributed by atoms with Crippen LogP contribution in [0.15, 0.2) is 47.1 Å². The predicted molar refractivity (Wildman–Crippen MR) is 71.8 cm³/mol. The summed E-state index contributed by atoms with van der Waals surface area (Å²) >= 11 is 3.42. The van der Waals surface area contributed by atoms with E-state index in [4.69, 9.17) is 0 Å². The number of hydrogen-bond acceptors (Lipinski definition) is 2. The van der Waals surface area contributed by atoms with E-state index in [1.807, 2.05) is 43.3 Å². The molecule has 2 rings (SSSR count). The van der Waals surface area contributed by atoms with Crippen LogP contribution in [-0.2, 0) is 6.42 Å². The van der Waals surface area contributed by atoms with Crippen molar-refractivity contribution in [2.24, 2.45) is 0 Å². The molecule has 0 amide bonds. The highest BCUT2D eigenvalue weighted by Gasteiger charge is 2.12. The average molecular weight is 292 g/mol. The van der Waals surface area contributed by atoms with Gasteiger partial charge in [0.2, 0.25) is 0 Å². The Bertz CT molecular complexity index is 499. The molecule has 1 aromatic carbocycles. The lowest BCUT2D eigenvalue weighted by Crippen LogP contribution is -2.05. The van der Waals surface area contributed by atoms with Crippen molar-refractivity contribution < 1.29 is 5.11 Å². The van der Waals surface area contributed by atoms with Gasteiger partial charge in [0.25, 0.3) is 0 Å². The molecular formula is C14H14BrNO. The van der Waals surface area contributed by atoms with Gasteiger partial charge in [-0.2, -0.15) is 0 Å². The normalized spacial score (nSPS) is 12.4. The molecule has 88 valence electrons. The summed E-state index contributed by atoms with van der Waals surface area (Å²) in [6.07, 6.45) is 1.77. The molecule has 1 atom stereocenters. The van der Waals surface area contributed by atoms with E-state index in [1.54, 1.807) is 6.20 Å². The number of hydrogen-bond donors (Lipinski definition) is 1. The minimum absolute atomic E-state index is 0.512. The first-order valence-corrected chi connectivity index (χ1v) is 6.30. The Hall–Kier alpha value is -1.19. The Morgan fingerprint density at radius 1 is 1.29 bits per heavy atom. The van der Waals surface area contributed by atoms with Crippen LogP contribution in [0.5, 0.6) is 0 Å². The van der Waals surface area contributed by atoms with Crippen LogP contribution in [0, 0.1) is 6.92 Å². The number of nitrogens with zero attached hydrogens (tertiary/aromatic N) is 1. The van der Waals surface area contributed by atoms with E-state index in [2.05, 4.69) is 20.9 Å². The maximum Gasteiger partial charge on any atom is 0.0848 e. The molecule has 1 N–H and O–H groups in total. The second kappa shape index (κ2) is 5.43. The second-order valence-corrected chi connectivity index (χ2v) is 4.96. The third kappa shape index (κ3) is 3.14. The molecule has 0 aliphatic carbocycles. The van der Waals surface area contributed by atoms with Crippen molar-refractivity contribution in [3.63, 3.8) is 0 Å². The van der Waals surface area contributed by atoms with Gasteiger partial charge in [-0.15, -0.1) is 0 Å². The van der Waals surface area contributed by atoms with Gasteiger partial charge in [-0.3, -0.25) is 4.98 Å². The van der Waals surface area contributed by atoms with Gasteiger partial charge in [-0.25, -0.2) is 0 Å². The number of aromatic nitrogens is 1. The Balaban J connectivity index is 2.20. The van der Waals surface area contributed by atoms with Gasteiger partial charge < -0.3 is 5.11 Å². The van der Waals surface area contributed by atoms with Gasteiger partial charge in [-0.05, 0) is 42.3 Å². The summed E-state index contributed by atoms with van der Waals surface area (Å²) in [5.74, 6) is 0. The van der Waals surface area contributed by atoms with Crippen molar-refractivity contribution in [1.82, 2.24) is 4.98 Å². The van der Waals surface area contributed by atoms with Crippen molar-refractivity contribution in [2.75, 3.05) is 0 Å². The minimum atomic E-state index is -0.512. The molecule has 0 saturated carbocycles. The summed E-state index contributed by atoms with van der Waals surface area (Å²) in [5.41, 5.74) is 2.95. The van der Waals surface area contributed by atoms with Crippen LogP contribution < -0.4 is 0 Å².